The largest absolute Gasteiger partial charge is 0.497 e. The Kier molecular flexibility index (Phi) is 8.02. The summed E-state index contributed by atoms with van der Waals surface area (Å²) in [6, 6.07) is 15.4. The highest BCUT2D eigenvalue weighted by Crippen LogP contribution is 2.17. The van der Waals surface area contributed by atoms with Gasteiger partial charge in [0.15, 0.2) is 6.61 Å². The highest BCUT2D eigenvalue weighted by molar-refractivity contribution is 7.99. The van der Waals surface area contributed by atoms with E-state index in [2.05, 4.69) is 29.6 Å². The van der Waals surface area contributed by atoms with Gasteiger partial charge in [-0.2, -0.15) is 0 Å². The second-order valence-corrected chi connectivity index (χ2v) is 6.87. The summed E-state index contributed by atoms with van der Waals surface area (Å²) in [4.78, 5) is 24.7. The Balaban J connectivity index is 1.60. The standard InChI is InChI=1S/C20H23NO4S/c1-15-3-9-18(10-4-15)26-12-11-21-19(22)14-25-20(23)13-16-5-7-17(24-2)8-6-16/h3-10H,11-14H2,1-2H3,(H,21,22). The SMILES string of the molecule is COc1ccc(CC(=O)OCC(=O)NCCSc2ccc(C)cc2)cc1. The van der Waals surface area contributed by atoms with E-state index < -0.39 is 5.97 Å². The molecule has 0 saturated heterocycles. The maximum Gasteiger partial charge on any atom is 0.310 e. The monoisotopic (exact) mass is 373 g/mol. The molecular formula is C20H23NO4S. The van der Waals surface area contributed by atoms with Crippen LogP contribution >= 0.6 is 11.8 Å². The lowest BCUT2D eigenvalue weighted by atomic mass is 10.1. The summed E-state index contributed by atoms with van der Waals surface area (Å²) in [6.45, 7) is 2.31. The van der Waals surface area contributed by atoms with E-state index in [1.54, 1.807) is 43.1 Å². The fourth-order valence-corrected chi connectivity index (χ4v) is 2.92. The van der Waals surface area contributed by atoms with Crippen LogP contribution in [0.1, 0.15) is 11.1 Å². The van der Waals surface area contributed by atoms with Crippen LogP contribution in [0.15, 0.2) is 53.4 Å². The van der Waals surface area contributed by atoms with Crippen molar-refractivity contribution >= 4 is 23.6 Å². The van der Waals surface area contributed by atoms with Crippen molar-refractivity contribution < 1.29 is 19.1 Å². The van der Waals surface area contributed by atoms with Gasteiger partial charge in [0, 0.05) is 17.2 Å². The number of thioether (sulfide) groups is 1. The second kappa shape index (κ2) is 10.5. The van der Waals surface area contributed by atoms with Gasteiger partial charge < -0.3 is 14.8 Å². The molecule has 2 aromatic carbocycles. The zero-order valence-corrected chi connectivity index (χ0v) is 15.8. The summed E-state index contributed by atoms with van der Waals surface area (Å²) in [6.07, 6.45) is 0.126. The molecule has 26 heavy (non-hydrogen) atoms. The van der Waals surface area contributed by atoms with Gasteiger partial charge in [-0.05, 0) is 36.8 Å². The lowest BCUT2D eigenvalue weighted by Crippen LogP contribution is -2.30. The van der Waals surface area contributed by atoms with Crippen molar-refractivity contribution in [1.29, 1.82) is 0 Å². The van der Waals surface area contributed by atoms with Gasteiger partial charge in [-0.3, -0.25) is 9.59 Å². The molecule has 0 aliphatic carbocycles. The Morgan fingerprint density at radius 2 is 1.73 bits per heavy atom. The molecule has 5 nitrogen and oxygen atoms in total. The fourth-order valence-electron chi connectivity index (χ4n) is 2.15. The second-order valence-electron chi connectivity index (χ2n) is 5.70. The fraction of sp³-hybridized carbons (Fsp3) is 0.300. The molecule has 2 aromatic rings. The first kappa shape index (κ1) is 19.8. The van der Waals surface area contributed by atoms with E-state index in [9.17, 15) is 9.59 Å². The summed E-state index contributed by atoms with van der Waals surface area (Å²) in [5.41, 5.74) is 2.03. The van der Waals surface area contributed by atoms with Gasteiger partial charge in [-0.1, -0.05) is 29.8 Å². The number of rotatable bonds is 9. The smallest absolute Gasteiger partial charge is 0.310 e. The van der Waals surface area contributed by atoms with E-state index in [-0.39, 0.29) is 18.9 Å². The molecule has 0 aromatic heterocycles. The number of amides is 1. The highest BCUT2D eigenvalue weighted by atomic mass is 32.2. The van der Waals surface area contributed by atoms with Crippen molar-refractivity contribution in [3.63, 3.8) is 0 Å². The number of aryl methyl sites for hydroxylation is 1. The van der Waals surface area contributed by atoms with Crippen LogP contribution in [0.25, 0.3) is 0 Å². The first-order chi connectivity index (χ1) is 12.6. The number of nitrogens with one attached hydrogen (secondary N) is 1. The van der Waals surface area contributed by atoms with E-state index >= 15 is 0 Å². The molecule has 0 aliphatic rings. The topological polar surface area (TPSA) is 64.6 Å². The molecule has 1 N–H and O–H groups in total. The van der Waals surface area contributed by atoms with Gasteiger partial charge in [0.2, 0.25) is 0 Å². The third kappa shape index (κ3) is 7.19. The molecule has 0 heterocycles. The van der Waals surface area contributed by atoms with Crippen molar-refractivity contribution in [2.75, 3.05) is 26.0 Å². The number of carbonyl (C=O) groups excluding carboxylic acids is 2. The van der Waals surface area contributed by atoms with Gasteiger partial charge in [-0.25, -0.2) is 0 Å². The van der Waals surface area contributed by atoms with Crippen LogP contribution in [0.3, 0.4) is 0 Å². The van der Waals surface area contributed by atoms with E-state index in [0.29, 0.717) is 6.54 Å². The zero-order valence-electron chi connectivity index (χ0n) is 15.0. The number of carbonyl (C=O) groups is 2. The lowest BCUT2D eigenvalue weighted by molar-refractivity contribution is -0.147. The summed E-state index contributed by atoms with van der Waals surface area (Å²) in [7, 11) is 1.58. The zero-order chi connectivity index (χ0) is 18.8. The molecule has 0 saturated carbocycles. The van der Waals surface area contributed by atoms with Crippen molar-refractivity contribution in [3.05, 3.63) is 59.7 Å². The predicted octanol–water partition coefficient (Wildman–Crippen LogP) is 3.00. The molecule has 0 spiro atoms. The quantitative estimate of drug-likeness (QED) is 0.416. The minimum absolute atomic E-state index is 0.126. The van der Waals surface area contributed by atoms with Crippen LogP contribution in [-0.2, 0) is 20.7 Å². The van der Waals surface area contributed by atoms with Gasteiger partial charge in [0.05, 0.1) is 13.5 Å². The van der Waals surface area contributed by atoms with Crippen LogP contribution in [-0.4, -0.2) is 37.9 Å². The van der Waals surface area contributed by atoms with E-state index in [4.69, 9.17) is 9.47 Å². The summed E-state index contributed by atoms with van der Waals surface area (Å²) in [5.74, 6) is 0.760. The van der Waals surface area contributed by atoms with Crippen molar-refractivity contribution in [2.24, 2.45) is 0 Å². The third-order valence-corrected chi connectivity index (χ3v) is 4.60. The first-order valence-electron chi connectivity index (χ1n) is 8.31. The Labute approximate surface area is 158 Å². The van der Waals surface area contributed by atoms with Crippen LogP contribution in [0.4, 0.5) is 0 Å². The number of esters is 1. The Hall–Kier alpha value is -2.47. The van der Waals surface area contributed by atoms with E-state index in [1.165, 1.54) is 5.56 Å². The highest BCUT2D eigenvalue weighted by Gasteiger charge is 2.08. The molecule has 1 amide bonds. The molecule has 0 aliphatic heterocycles. The average Bonchev–Trinajstić information content (AvgIpc) is 2.65. The first-order valence-corrected chi connectivity index (χ1v) is 9.30. The maximum atomic E-state index is 11.8. The van der Waals surface area contributed by atoms with Crippen LogP contribution in [0.5, 0.6) is 5.75 Å². The molecule has 0 atom stereocenters. The van der Waals surface area contributed by atoms with Crippen molar-refractivity contribution in [3.8, 4) is 5.75 Å². The molecule has 2 rings (SSSR count). The van der Waals surface area contributed by atoms with E-state index in [0.717, 1.165) is 22.0 Å². The number of hydrogen-bond donors (Lipinski definition) is 1. The number of benzene rings is 2. The van der Waals surface area contributed by atoms with Crippen LogP contribution in [0.2, 0.25) is 0 Å². The predicted molar refractivity (Wildman–Crippen MR) is 103 cm³/mol. The maximum absolute atomic E-state index is 11.8. The molecule has 0 radical (unpaired) electrons. The molecule has 0 unspecified atom stereocenters. The normalized spacial score (nSPS) is 10.2. The van der Waals surface area contributed by atoms with Gasteiger partial charge in [0.1, 0.15) is 5.75 Å². The van der Waals surface area contributed by atoms with E-state index in [1.807, 2.05) is 6.92 Å². The van der Waals surface area contributed by atoms with Crippen molar-refractivity contribution in [1.82, 2.24) is 5.32 Å². The Bertz CT molecular complexity index is 714. The molecule has 6 heteroatoms. The number of methoxy groups -OCH3 is 1. The number of ether oxygens (including phenoxy) is 2. The van der Waals surface area contributed by atoms with Crippen LogP contribution < -0.4 is 10.1 Å². The van der Waals surface area contributed by atoms with Crippen molar-refractivity contribution in [2.45, 2.75) is 18.2 Å². The molecule has 138 valence electrons. The van der Waals surface area contributed by atoms with Gasteiger partial charge >= 0.3 is 5.97 Å². The summed E-state index contributed by atoms with van der Waals surface area (Å²) in [5, 5.41) is 2.75. The minimum atomic E-state index is -0.431. The van der Waals surface area contributed by atoms with Crippen LogP contribution in [0, 0.1) is 6.92 Å². The molecule has 0 bridgehead atoms. The molecular weight excluding hydrogens is 350 g/mol. The minimum Gasteiger partial charge on any atom is -0.497 e. The van der Waals surface area contributed by atoms with Gasteiger partial charge in [-0.15, -0.1) is 11.8 Å². The van der Waals surface area contributed by atoms with Gasteiger partial charge in [0.25, 0.3) is 5.91 Å². The average molecular weight is 373 g/mol. The number of hydrogen-bond acceptors (Lipinski definition) is 5. The Morgan fingerprint density at radius 1 is 1.04 bits per heavy atom. The third-order valence-electron chi connectivity index (χ3n) is 3.59. The lowest BCUT2D eigenvalue weighted by Gasteiger charge is -2.07. The molecule has 0 fully saturated rings. The summed E-state index contributed by atoms with van der Waals surface area (Å²) >= 11 is 1.67. The summed E-state index contributed by atoms with van der Waals surface area (Å²) < 4.78 is 10.1. The Morgan fingerprint density at radius 3 is 2.38 bits per heavy atom.